The Bertz CT molecular complexity index is 1200. The van der Waals surface area contributed by atoms with E-state index in [0.29, 0.717) is 27.0 Å². The molecular weight excluding hydrogens is 422 g/mol. The molecule has 0 saturated carbocycles. The molecule has 0 unspecified atom stereocenters. The average molecular weight is 436 g/mol. The van der Waals surface area contributed by atoms with Crippen molar-refractivity contribution in [1.29, 1.82) is 0 Å². The van der Waals surface area contributed by atoms with Gasteiger partial charge in [0.05, 0.1) is 15.7 Å². The first-order chi connectivity index (χ1) is 13.8. The molecule has 2 aromatic carbocycles. The number of benzene rings is 2. The van der Waals surface area contributed by atoms with Crippen molar-refractivity contribution in [2.45, 2.75) is 13.1 Å². The third-order valence-corrected chi connectivity index (χ3v) is 5.17. The minimum atomic E-state index is -4.58. The summed E-state index contributed by atoms with van der Waals surface area (Å²) >= 11 is 12.6. The van der Waals surface area contributed by atoms with E-state index in [1.165, 1.54) is 12.1 Å². The number of halogens is 5. The van der Waals surface area contributed by atoms with Gasteiger partial charge in [0.1, 0.15) is 22.9 Å². The molecule has 0 spiro atoms. The van der Waals surface area contributed by atoms with E-state index in [2.05, 4.69) is 10.3 Å². The number of nitrogens with zero attached hydrogens (tertiary/aromatic N) is 2. The summed E-state index contributed by atoms with van der Waals surface area (Å²) in [7, 11) is 0. The van der Waals surface area contributed by atoms with Gasteiger partial charge in [-0.25, -0.2) is 4.98 Å². The van der Waals surface area contributed by atoms with Crippen LogP contribution in [0.4, 0.5) is 24.7 Å². The summed E-state index contributed by atoms with van der Waals surface area (Å²) in [6.07, 6.45) is -4.58. The molecule has 0 amide bonds. The molecule has 8 heteroatoms. The van der Waals surface area contributed by atoms with Crippen molar-refractivity contribution in [1.82, 2.24) is 9.38 Å². The number of hydrogen-bond acceptors (Lipinski definition) is 2. The summed E-state index contributed by atoms with van der Waals surface area (Å²) < 4.78 is 42.3. The molecule has 2 heterocycles. The Morgan fingerprint density at radius 2 is 1.59 bits per heavy atom. The lowest BCUT2D eigenvalue weighted by Crippen LogP contribution is -2.13. The van der Waals surface area contributed by atoms with Crippen LogP contribution in [0.2, 0.25) is 10.0 Å². The number of rotatable bonds is 3. The quantitative estimate of drug-likeness (QED) is 0.363. The van der Waals surface area contributed by atoms with Gasteiger partial charge in [0.25, 0.3) is 0 Å². The normalized spacial score (nSPS) is 11.8. The molecule has 29 heavy (non-hydrogen) atoms. The third kappa shape index (κ3) is 3.54. The van der Waals surface area contributed by atoms with E-state index in [1.54, 1.807) is 36.4 Å². The van der Waals surface area contributed by atoms with Gasteiger partial charge in [-0.05, 0) is 36.8 Å². The van der Waals surface area contributed by atoms with Crippen molar-refractivity contribution < 1.29 is 13.2 Å². The Labute approximate surface area is 174 Å². The Morgan fingerprint density at radius 3 is 2.28 bits per heavy atom. The van der Waals surface area contributed by atoms with Gasteiger partial charge >= 0.3 is 6.18 Å². The number of nitrogens with one attached hydrogen (secondary N) is 1. The van der Waals surface area contributed by atoms with Crippen molar-refractivity contribution in [3.05, 3.63) is 82.0 Å². The van der Waals surface area contributed by atoms with Crippen molar-refractivity contribution in [3.63, 3.8) is 0 Å². The summed E-state index contributed by atoms with van der Waals surface area (Å²) in [4.78, 5) is 4.45. The van der Waals surface area contributed by atoms with E-state index in [9.17, 15) is 13.2 Å². The number of alkyl halides is 3. The fourth-order valence-electron chi connectivity index (χ4n) is 3.18. The first-order valence-corrected chi connectivity index (χ1v) is 9.38. The number of anilines is 2. The number of hydrogen-bond donors (Lipinski definition) is 1. The van der Waals surface area contributed by atoms with Crippen molar-refractivity contribution >= 4 is 40.4 Å². The molecule has 0 radical (unpaired) electrons. The highest BCUT2D eigenvalue weighted by Crippen LogP contribution is 2.40. The molecule has 0 saturated heterocycles. The van der Waals surface area contributed by atoms with Crippen LogP contribution in [0.1, 0.15) is 11.3 Å². The molecule has 0 aliphatic rings. The molecule has 0 aliphatic carbocycles. The molecular formula is C21H14Cl2F3N3. The zero-order valence-corrected chi connectivity index (χ0v) is 16.6. The Morgan fingerprint density at radius 1 is 0.897 bits per heavy atom. The molecule has 0 atom stereocenters. The topological polar surface area (TPSA) is 29.3 Å². The number of aryl methyl sites for hydroxylation is 1. The average Bonchev–Trinajstić information content (AvgIpc) is 3.02. The predicted octanol–water partition coefficient (Wildman–Crippen LogP) is 7.38. The number of aromatic nitrogens is 2. The van der Waals surface area contributed by atoms with Crippen LogP contribution in [0.25, 0.3) is 16.9 Å². The first kappa shape index (κ1) is 19.6. The summed E-state index contributed by atoms with van der Waals surface area (Å²) in [5.74, 6) is 0.136. The van der Waals surface area contributed by atoms with Crippen LogP contribution in [0, 0.1) is 6.92 Å². The van der Waals surface area contributed by atoms with E-state index in [4.69, 9.17) is 23.2 Å². The second-order valence-electron chi connectivity index (χ2n) is 6.45. The fourth-order valence-corrected chi connectivity index (χ4v) is 3.67. The lowest BCUT2D eigenvalue weighted by molar-refractivity contribution is -0.141. The number of fused-ring (bicyclic) bond motifs is 1. The zero-order valence-electron chi connectivity index (χ0n) is 15.1. The summed E-state index contributed by atoms with van der Waals surface area (Å²) in [6.45, 7) is 1.82. The fraction of sp³-hybridized carbons (Fsp3) is 0.0952. The van der Waals surface area contributed by atoms with E-state index < -0.39 is 11.9 Å². The zero-order chi connectivity index (χ0) is 20.8. The van der Waals surface area contributed by atoms with Gasteiger partial charge in [0, 0.05) is 5.56 Å². The molecule has 0 bridgehead atoms. The lowest BCUT2D eigenvalue weighted by atomic mass is 10.1. The van der Waals surface area contributed by atoms with Gasteiger partial charge < -0.3 is 5.32 Å². The van der Waals surface area contributed by atoms with E-state index in [-0.39, 0.29) is 11.5 Å². The first-order valence-electron chi connectivity index (χ1n) is 8.63. The SMILES string of the molecule is Cc1cccc(Cl)c1Nc1c(-c2ccccc2Cl)nc2cccc(C(F)(F)F)n12. The maximum atomic E-state index is 13.8. The van der Waals surface area contributed by atoms with Crippen molar-refractivity contribution in [3.8, 4) is 11.3 Å². The third-order valence-electron chi connectivity index (χ3n) is 4.53. The second-order valence-corrected chi connectivity index (χ2v) is 7.26. The van der Waals surface area contributed by atoms with E-state index >= 15 is 0 Å². The van der Waals surface area contributed by atoms with Gasteiger partial charge in [-0.15, -0.1) is 0 Å². The lowest BCUT2D eigenvalue weighted by Gasteiger charge is -2.16. The Hall–Kier alpha value is -2.70. The van der Waals surface area contributed by atoms with Crippen molar-refractivity contribution in [2.24, 2.45) is 0 Å². The van der Waals surface area contributed by atoms with Crippen LogP contribution in [-0.4, -0.2) is 9.38 Å². The Kier molecular flexibility index (Phi) is 4.92. The highest BCUT2D eigenvalue weighted by molar-refractivity contribution is 6.34. The molecule has 0 fully saturated rings. The smallest absolute Gasteiger partial charge is 0.338 e. The minimum Gasteiger partial charge on any atom is -0.338 e. The standard InChI is InChI=1S/C21H14Cl2F3N3/c1-12-6-4-9-15(23)18(12)28-20-19(13-7-2-3-8-14(13)22)27-17-11-5-10-16(29(17)20)21(24,25)26/h2-11,28H,1H3. The monoisotopic (exact) mass is 435 g/mol. The number of pyridine rings is 1. The van der Waals surface area contributed by atoms with Crippen LogP contribution < -0.4 is 5.32 Å². The molecule has 4 aromatic rings. The number of para-hydroxylation sites is 1. The summed E-state index contributed by atoms with van der Waals surface area (Å²) in [5.41, 5.74) is 1.38. The maximum Gasteiger partial charge on any atom is 0.431 e. The molecule has 0 aliphatic heterocycles. The van der Waals surface area contributed by atoms with Gasteiger partial charge in [-0.1, -0.05) is 59.6 Å². The highest BCUT2D eigenvalue weighted by Gasteiger charge is 2.35. The highest BCUT2D eigenvalue weighted by atomic mass is 35.5. The summed E-state index contributed by atoms with van der Waals surface area (Å²) in [6, 6.07) is 16.0. The molecule has 148 valence electrons. The second kappa shape index (κ2) is 7.28. The van der Waals surface area contributed by atoms with Crippen molar-refractivity contribution in [2.75, 3.05) is 5.32 Å². The van der Waals surface area contributed by atoms with Crippen LogP contribution in [-0.2, 0) is 6.18 Å². The van der Waals surface area contributed by atoms with Crippen LogP contribution >= 0.6 is 23.2 Å². The van der Waals surface area contributed by atoms with Gasteiger partial charge in [0.15, 0.2) is 0 Å². The van der Waals surface area contributed by atoms with Crippen LogP contribution in [0.15, 0.2) is 60.7 Å². The predicted molar refractivity (Wildman–Crippen MR) is 110 cm³/mol. The maximum absolute atomic E-state index is 13.8. The van der Waals surface area contributed by atoms with Crippen LogP contribution in [0.3, 0.4) is 0 Å². The minimum absolute atomic E-state index is 0.136. The molecule has 3 nitrogen and oxygen atoms in total. The van der Waals surface area contributed by atoms with E-state index in [0.717, 1.165) is 16.0 Å². The molecule has 4 rings (SSSR count). The van der Waals surface area contributed by atoms with Gasteiger partial charge in [-0.3, -0.25) is 4.40 Å². The van der Waals surface area contributed by atoms with E-state index in [1.807, 2.05) is 13.0 Å². The van der Waals surface area contributed by atoms with Crippen LogP contribution in [0.5, 0.6) is 0 Å². The molecule has 2 aromatic heterocycles. The van der Waals surface area contributed by atoms with Gasteiger partial charge in [0.2, 0.25) is 0 Å². The number of imidazole rings is 1. The van der Waals surface area contributed by atoms with Gasteiger partial charge in [-0.2, -0.15) is 13.2 Å². The molecule has 1 N–H and O–H groups in total. The summed E-state index contributed by atoms with van der Waals surface area (Å²) in [5, 5.41) is 3.84. The largest absolute Gasteiger partial charge is 0.431 e. The Balaban J connectivity index is 2.06.